The number of esters is 1. The Morgan fingerprint density at radius 3 is 3.00 bits per heavy atom. The first-order valence-corrected chi connectivity index (χ1v) is 8.28. The van der Waals surface area contributed by atoms with Crippen LogP contribution >= 0.6 is 22.9 Å². The highest BCUT2D eigenvalue weighted by Gasteiger charge is 2.12. The van der Waals surface area contributed by atoms with Crippen LogP contribution in [0.5, 0.6) is 5.75 Å². The SMILES string of the molecule is Cc1cc(Cl)ccc1OCC(=O)OCc1nc(-c2cccs2)no1. The molecular formula is C16H13ClN2O4S. The predicted molar refractivity (Wildman–Crippen MR) is 89.1 cm³/mol. The predicted octanol–water partition coefficient (Wildman–Crippen LogP) is 3.88. The molecule has 0 aliphatic heterocycles. The molecule has 8 heteroatoms. The standard InChI is InChI=1S/C16H13ClN2O4S/c1-10-7-11(17)4-5-12(10)21-9-15(20)22-8-14-18-16(19-23-14)13-3-2-6-24-13/h2-7H,8-9H2,1H3. The Kier molecular flexibility index (Phi) is 5.12. The fraction of sp³-hybridized carbons (Fsp3) is 0.188. The average Bonchev–Trinajstić information content (AvgIpc) is 3.23. The smallest absolute Gasteiger partial charge is 0.344 e. The highest BCUT2D eigenvalue weighted by molar-refractivity contribution is 7.13. The van der Waals surface area contributed by atoms with Crippen molar-refractivity contribution in [2.45, 2.75) is 13.5 Å². The van der Waals surface area contributed by atoms with Gasteiger partial charge in [-0.25, -0.2) is 4.79 Å². The molecule has 0 fully saturated rings. The van der Waals surface area contributed by atoms with Crippen LogP contribution in [0.4, 0.5) is 0 Å². The first kappa shape index (κ1) is 16.5. The Morgan fingerprint density at radius 1 is 1.38 bits per heavy atom. The fourth-order valence-corrected chi connectivity index (χ4v) is 2.79. The molecule has 6 nitrogen and oxygen atoms in total. The van der Waals surface area contributed by atoms with Crippen molar-refractivity contribution in [3.05, 3.63) is 52.2 Å². The maximum absolute atomic E-state index is 11.7. The van der Waals surface area contributed by atoms with E-state index in [4.69, 9.17) is 25.6 Å². The van der Waals surface area contributed by atoms with Crippen LogP contribution in [0.2, 0.25) is 5.02 Å². The summed E-state index contributed by atoms with van der Waals surface area (Å²) in [6, 6.07) is 8.93. The third kappa shape index (κ3) is 4.12. The number of aryl methyl sites for hydroxylation is 1. The van der Waals surface area contributed by atoms with E-state index in [1.165, 1.54) is 11.3 Å². The third-order valence-corrected chi connectivity index (χ3v) is 4.15. The maximum Gasteiger partial charge on any atom is 0.344 e. The highest BCUT2D eigenvalue weighted by atomic mass is 35.5. The molecule has 0 unspecified atom stereocenters. The number of halogens is 1. The summed E-state index contributed by atoms with van der Waals surface area (Å²) in [6.07, 6.45) is 0. The summed E-state index contributed by atoms with van der Waals surface area (Å²) in [6.45, 7) is 1.53. The maximum atomic E-state index is 11.7. The highest BCUT2D eigenvalue weighted by Crippen LogP contribution is 2.22. The first-order valence-electron chi connectivity index (χ1n) is 7.03. The lowest BCUT2D eigenvalue weighted by atomic mass is 10.2. The molecule has 0 aliphatic rings. The Labute approximate surface area is 147 Å². The number of hydrogen-bond acceptors (Lipinski definition) is 7. The van der Waals surface area contributed by atoms with Crippen LogP contribution in [0.25, 0.3) is 10.7 Å². The minimum Gasteiger partial charge on any atom is -0.482 e. The Hall–Kier alpha value is -2.38. The summed E-state index contributed by atoms with van der Waals surface area (Å²) in [7, 11) is 0. The van der Waals surface area contributed by atoms with Crippen molar-refractivity contribution in [3.63, 3.8) is 0 Å². The molecule has 0 bridgehead atoms. The van der Waals surface area contributed by atoms with E-state index in [0.29, 0.717) is 16.6 Å². The van der Waals surface area contributed by atoms with Crippen LogP contribution in [0.15, 0.2) is 40.2 Å². The summed E-state index contributed by atoms with van der Waals surface area (Å²) in [5.74, 6) is 0.757. The van der Waals surface area contributed by atoms with Crippen LogP contribution in [0, 0.1) is 6.92 Å². The summed E-state index contributed by atoms with van der Waals surface area (Å²) in [5.41, 5.74) is 0.841. The summed E-state index contributed by atoms with van der Waals surface area (Å²) >= 11 is 7.37. The number of carbonyl (C=O) groups is 1. The van der Waals surface area contributed by atoms with Crippen molar-refractivity contribution < 1.29 is 18.8 Å². The van der Waals surface area contributed by atoms with Gasteiger partial charge in [-0.05, 0) is 42.1 Å². The van der Waals surface area contributed by atoms with Crippen LogP contribution < -0.4 is 4.74 Å². The van der Waals surface area contributed by atoms with Crippen LogP contribution in [0.1, 0.15) is 11.5 Å². The van der Waals surface area contributed by atoms with E-state index in [-0.39, 0.29) is 19.1 Å². The molecule has 0 radical (unpaired) electrons. The van der Waals surface area contributed by atoms with E-state index < -0.39 is 5.97 Å². The fourth-order valence-electron chi connectivity index (χ4n) is 1.91. The number of ether oxygens (including phenoxy) is 2. The van der Waals surface area contributed by atoms with Gasteiger partial charge in [-0.3, -0.25) is 0 Å². The van der Waals surface area contributed by atoms with E-state index >= 15 is 0 Å². The van der Waals surface area contributed by atoms with Gasteiger partial charge in [0.25, 0.3) is 5.89 Å². The van der Waals surface area contributed by atoms with E-state index in [2.05, 4.69) is 10.1 Å². The Bertz CT molecular complexity index is 832. The first-order chi connectivity index (χ1) is 11.6. The number of thiophene rings is 1. The van der Waals surface area contributed by atoms with Gasteiger partial charge in [0.2, 0.25) is 5.82 Å². The van der Waals surface area contributed by atoms with Gasteiger partial charge in [-0.2, -0.15) is 4.98 Å². The molecule has 2 aromatic heterocycles. The zero-order chi connectivity index (χ0) is 16.9. The normalized spacial score (nSPS) is 10.6. The molecule has 2 heterocycles. The van der Waals surface area contributed by atoms with Crippen molar-refractivity contribution in [3.8, 4) is 16.5 Å². The monoisotopic (exact) mass is 364 g/mol. The zero-order valence-corrected chi connectivity index (χ0v) is 14.3. The molecule has 0 amide bonds. The van der Waals surface area contributed by atoms with Gasteiger partial charge in [-0.15, -0.1) is 11.3 Å². The van der Waals surface area contributed by atoms with Crippen LogP contribution in [0.3, 0.4) is 0 Å². The Morgan fingerprint density at radius 2 is 2.25 bits per heavy atom. The van der Waals surface area contributed by atoms with Gasteiger partial charge in [0, 0.05) is 5.02 Å². The number of nitrogens with zero attached hydrogens (tertiary/aromatic N) is 2. The lowest BCUT2D eigenvalue weighted by molar-refractivity contribution is -0.148. The van der Waals surface area contributed by atoms with Crippen LogP contribution in [-0.4, -0.2) is 22.7 Å². The van der Waals surface area contributed by atoms with Gasteiger partial charge in [0.1, 0.15) is 5.75 Å². The Balaban J connectivity index is 1.49. The van der Waals surface area contributed by atoms with Gasteiger partial charge in [0.15, 0.2) is 13.2 Å². The van der Waals surface area contributed by atoms with E-state index in [9.17, 15) is 4.79 Å². The molecule has 0 spiro atoms. The van der Waals surface area contributed by atoms with Gasteiger partial charge < -0.3 is 14.0 Å². The van der Waals surface area contributed by atoms with Gasteiger partial charge in [0.05, 0.1) is 4.88 Å². The minimum atomic E-state index is -0.528. The second-order valence-corrected chi connectivity index (χ2v) is 6.23. The molecule has 0 N–H and O–H groups in total. The lowest BCUT2D eigenvalue weighted by Crippen LogP contribution is -2.15. The third-order valence-electron chi connectivity index (χ3n) is 3.05. The molecule has 3 aromatic rings. The second kappa shape index (κ2) is 7.46. The summed E-state index contributed by atoms with van der Waals surface area (Å²) in [4.78, 5) is 16.8. The molecule has 24 heavy (non-hydrogen) atoms. The van der Waals surface area contributed by atoms with Gasteiger partial charge >= 0.3 is 5.97 Å². The van der Waals surface area contributed by atoms with Gasteiger partial charge in [-0.1, -0.05) is 22.8 Å². The number of aromatic nitrogens is 2. The topological polar surface area (TPSA) is 74.5 Å². The van der Waals surface area contributed by atoms with E-state index in [1.807, 2.05) is 24.4 Å². The van der Waals surface area contributed by atoms with Crippen LogP contribution in [-0.2, 0) is 16.1 Å². The van der Waals surface area contributed by atoms with Crippen molar-refractivity contribution in [2.75, 3.05) is 6.61 Å². The van der Waals surface area contributed by atoms with Crippen molar-refractivity contribution >= 4 is 28.9 Å². The molecule has 0 saturated heterocycles. The number of benzene rings is 1. The molecule has 1 aromatic carbocycles. The number of hydrogen-bond donors (Lipinski definition) is 0. The second-order valence-electron chi connectivity index (χ2n) is 4.85. The molecule has 0 atom stereocenters. The molecule has 0 aliphatic carbocycles. The largest absolute Gasteiger partial charge is 0.482 e. The summed E-state index contributed by atoms with van der Waals surface area (Å²) in [5, 5.41) is 6.37. The molecule has 124 valence electrons. The van der Waals surface area contributed by atoms with E-state index in [1.54, 1.807) is 18.2 Å². The van der Waals surface area contributed by atoms with Crippen molar-refractivity contribution in [1.82, 2.24) is 10.1 Å². The average molecular weight is 365 g/mol. The lowest BCUT2D eigenvalue weighted by Gasteiger charge is -2.08. The number of carbonyl (C=O) groups excluding carboxylic acids is 1. The minimum absolute atomic E-state index is 0.0971. The van der Waals surface area contributed by atoms with E-state index in [0.717, 1.165) is 10.4 Å². The molecule has 0 saturated carbocycles. The van der Waals surface area contributed by atoms with Crippen molar-refractivity contribution in [1.29, 1.82) is 0 Å². The van der Waals surface area contributed by atoms with Crippen molar-refractivity contribution in [2.24, 2.45) is 0 Å². The molecule has 3 rings (SSSR count). The zero-order valence-electron chi connectivity index (χ0n) is 12.7. The summed E-state index contributed by atoms with van der Waals surface area (Å²) < 4.78 is 15.5. The quantitative estimate of drug-likeness (QED) is 0.618. The number of rotatable bonds is 6. The molecular weight excluding hydrogens is 352 g/mol.